The Morgan fingerprint density at radius 3 is 1.69 bits per heavy atom. The zero-order valence-corrected chi connectivity index (χ0v) is 20.4. The molecule has 1 atom stereocenters. The molecule has 1 aliphatic carbocycles. The fraction of sp³-hybridized carbons (Fsp3) is 0.250. The topological polar surface area (TPSA) is 31.6 Å². The summed E-state index contributed by atoms with van der Waals surface area (Å²) < 4.78 is 2.29. The lowest BCUT2D eigenvalue weighted by Gasteiger charge is -2.39. The molecule has 4 heteroatoms. The third-order valence-electron chi connectivity index (χ3n) is 8.12. The number of hydrogen-bond donors (Lipinski definition) is 1. The number of benzene rings is 4. The predicted octanol–water partition coefficient (Wildman–Crippen LogP) is 5.54. The van der Waals surface area contributed by atoms with E-state index in [4.69, 9.17) is 0 Å². The molecule has 1 N–H and O–H groups in total. The second kappa shape index (κ2) is 8.90. The molecule has 5 aromatic rings. The maximum Gasteiger partial charge on any atom is 0.0845 e. The van der Waals surface area contributed by atoms with Crippen molar-refractivity contribution >= 4 is 21.8 Å². The van der Waals surface area contributed by atoms with E-state index in [1.165, 1.54) is 44.1 Å². The molecule has 0 radical (unpaired) electrons. The summed E-state index contributed by atoms with van der Waals surface area (Å²) in [5.41, 5.74) is 8.00. The van der Waals surface area contributed by atoms with Gasteiger partial charge in [-0.3, -0.25) is 9.80 Å². The van der Waals surface area contributed by atoms with Gasteiger partial charge in [0.2, 0.25) is 0 Å². The summed E-state index contributed by atoms with van der Waals surface area (Å²) in [7, 11) is 0. The van der Waals surface area contributed by atoms with Gasteiger partial charge in [0.1, 0.15) is 0 Å². The minimum absolute atomic E-state index is 0.335. The number of nitrogens with zero attached hydrogens (tertiary/aromatic N) is 3. The minimum atomic E-state index is -0.413. The van der Waals surface area contributed by atoms with Gasteiger partial charge in [0.15, 0.2) is 0 Å². The van der Waals surface area contributed by atoms with Crippen molar-refractivity contribution in [1.29, 1.82) is 0 Å². The second-order valence-electron chi connectivity index (χ2n) is 10.2. The van der Waals surface area contributed by atoms with Crippen LogP contribution in [0, 0.1) is 0 Å². The van der Waals surface area contributed by atoms with Gasteiger partial charge in [0.05, 0.1) is 18.7 Å². The van der Waals surface area contributed by atoms with E-state index >= 15 is 0 Å². The van der Waals surface area contributed by atoms with Crippen LogP contribution in [0.2, 0.25) is 0 Å². The maximum atomic E-state index is 11.2. The average Bonchev–Trinajstić information content (AvgIpc) is 3.43. The Kier molecular flexibility index (Phi) is 5.39. The summed E-state index contributed by atoms with van der Waals surface area (Å²) in [6, 6.07) is 35.1. The lowest BCUT2D eigenvalue weighted by Crippen LogP contribution is -2.49. The van der Waals surface area contributed by atoms with Crippen LogP contribution in [-0.4, -0.2) is 58.3 Å². The Labute approximate surface area is 212 Å². The quantitative estimate of drug-likeness (QED) is 0.364. The van der Waals surface area contributed by atoms with E-state index < -0.39 is 6.10 Å². The van der Waals surface area contributed by atoms with Crippen LogP contribution in [0.25, 0.3) is 32.9 Å². The third-order valence-corrected chi connectivity index (χ3v) is 8.12. The van der Waals surface area contributed by atoms with E-state index in [0.717, 1.165) is 26.2 Å². The largest absolute Gasteiger partial charge is 0.390 e. The number of aromatic nitrogens is 1. The van der Waals surface area contributed by atoms with Crippen molar-refractivity contribution in [2.75, 3.05) is 32.7 Å². The highest BCUT2D eigenvalue weighted by molar-refractivity contribution is 6.07. The van der Waals surface area contributed by atoms with Crippen LogP contribution in [0.15, 0.2) is 97.1 Å². The number of hydrogen-bond acceptors (Lipinski definition) is 3. The van der Waals surface area contributed by atoms with Gasteiger partial charge < -0.3 is 9.67 Å². The predicted molar refractivity (Wildman–Crippen MR) is 147 cm³/mol. The monoisotopic (exact) mass is 473 g/mol. The van der Waals surface area contributed by atoms with Crippen LogP contribution in [0.3, 0.4) is 0 Å². The molecule has 1 unspecified atom stereocenters. The maximum absolute atomic E-state index is 11.2. The normalized spacial score (nSPS) is 17.5. The van der Waals surface area contributed by atoms with Gasteiger partial charge in [0.25, 0.3) is 0 Å². The molecular weight excluding hydrogens is 442 g/mol. The molecule has 36 heavy (non-hydrogen) atoms. The van der Waals surface area contributed by atoms with Crippen molar-refractivity contribution in [3.05, 3.63) is 108 Å². The van der Waals surface area contributed by atoms with Crippen molar-refractivity contribution < 1.29 is 5.11 Å². The van der Waals surface area contributed by atoms with E-state index in [0.29, 0.717) is 19.1 Å². The molecule has 1 fully saturated rings. The fourth-order valence-corrected chi connectivity index (χ4v) is 6.49. The van der Waals surface area contributed by atoms with Gasteiger partial charge in [0, 0.05) is 54.5 Å². The number of rotatable bonds is 5. The zero-order valence-electron chi connectivity index (χ0n) is 20.4. The average molecular weight is 474 g/mol. The Morgan fingerprint density at radius 1 is 0.611 bits per heavy atom. The van der Waals surface area contributed by atoms with Crippen LogP contribution in [-0.2, 0) is 6.54 Å². The first kappa shape index (κ1) is 21.8. The lowest BCUT2D eigenvalue weighted by atomic mass is 10.0. The van der Waals surface area contributed by atoms with Gasteiger partial charge in [-0.05, 0) is 34.4 Å². The molecule has 2 heterocycles. The van der Waals surface area contributed by atoms with E-state index in [9.17, 15) is 5.11 Å². The van der Waals surface area contributed by atoms with E-state index in [-0.39, 0.29) is 0 Å². The van der Waals surface area contributed by atoms with Crippen LogP contribution >= 0.6 is 0 Å². The molecule has 1 aliphatic heterocycles. The summed E-state index contributed by atoms with van der Waals surface area (Å²) in [6.45, 7) is 5.28. The van der Waals surface area contributed by atoms with Crippen LogP contribution in [0.1, 0.15) is 17.2 Å². The molecule has 1 saturated heterocycles. The molecule has 0 amide bonds. The highest BCUT2D eigenvalue weighted by Crippen LogP contribution is 2.46. The van der Waals surface area contributed by atoms with Crippen molar-refractivity contribution in [3.8, 4) is 11.1 Å². The zero-order chi connectivity index (χ0) is 24.1. The molecule has 4 nitrogen and oxygen atoms in total. The molecule has 0 saturated carbocycles. The summed E-state index contributed by atoms with van der Waals surface area (Å²) in [5.74, 6) is 0. The Balaban J connectivity index is 1.06. The van der Waals surface area contributed by atoms with Gasteiger partial charge in [-0.2, -0.15) is 0 Å². The Bertz CT molecular complexity index is 1450. The smallest absolute Gasteiger partial charge is 0.0845 e. The molecule has 7 rings (SSSR count). The van der Waals surface area contributed by atoms with Crippen molar-refractivity contribution in [1.82, 2.24) is 14.4 Å². The van der Waals surface area contributed by atoms with Crippen molar-refractivity contribution in [2.24, 2.45) is 0 Å². The first-order valence-corrected chi connectivity index (χ1v) is 13.1. The SMILES string of the molecule is OC(CN1CCN(C2c3ccccc3-c3ccccc32)CC1)Cn1c2ccccc2c2ccccc21. The highest BCUT2D eigenvalue weighted by atomic mass is 16.3. The van der Waals surface area contributed by atoms with Crippen molar-refractivity contribution in [2.45, 2.75) is 18.7 Å². The van der Waals surface area contributed by atoms with Gasteiger partial charge in [-0.15, -0.1) is 0 Å². The summed E-state index contributed by atoms with van der Waals surface area (Å²) in [5, 5.41) is 13.7. The van der Waals surface area contributed by atoms with E-state index in [1.54, 1.807) is 0 Å². The standard InChI is InChI=1S/C32H31N3O/c36-23(22-35-30-15-7-5-11-26(30)27-12-6-8-16-31(27)35)21-33-17-19-34(20-18-33)32-28-13-3-1-9-24(28)25-10-2-4-14-29(25)32/h1-16,23,32,36H,17-22H2. The summed E-state index contributed by atoms with van der Waals surface area (Å²) >= 11 is 0. The van der Waals surface area contributed by atoms with Gasteiger partial charge in [-0.25, -0.2) is 0 Å². The number of fused-ring (bicyclic) bond motifs is 6. The number of β-amino-alcohol motifs (C(OH)–C–C–N with tert-alkyl or cyclic N) is 1. The first-order chi connectivity index (χ1) is 17.8. The fourth-order valence-electron chi connectivity index (χ4n) is 6.49. The third kappa shape index (κ3) is 3.56. The molecule has 1 aromatic heterocycles. The van der Waals surface area contributed by atoms with Crippen molar-refractivity contribution in [3.63, 3.8) is 0 Å². The molecule has 2 aliphatic rings. The minimum Gasteiger partial charge on any atom is -0.390 e. The van der Waals surface area contributed by atoms with Gasteiger partial charge in [-0.1, -0.05) is 84.9 Å². The number of aliphatic hydroxyl groups is 1. The summed E-state index contributed by atoms with van der Waals surface area (Å²) in [6.07, 6.45) is -0.413. The van der Waals surface area contributed by atoms with Crippen LogP contribution < -0.4 is 0 Å². The van der Waals surface area contributed by atoms with Crippen LogP contribution in [0.4, 0.5) is 0 Å². The Hall–Kier alpha value is -3.44. The van der Waals surface area contributed by atoms with Gasteiger partial charge >= 0.3 is 0 Å². The number of para-hydroxylation sites is 2. The molecule has 4 aromatic carbocycles. The van der Waals surface area contributed by atoms with E-state index in [1.807, 2.05) is 0 Å². The number of piperazine rings is 1. The molecule has 0 spiro atoms. The van der Waals surface area contributed by atoms with E-state index in [2.05, 4.69) is 111 Å². The second-order valence-corrected chi connectivity index (χ2v) is 10.2. The van der Waals surface area contributed by atoms with Crippen LogP contribution in [0.5, 0.6) is 0 Å². The molecule has 180 valence electrons. The lowest BCUT2D eigenvalue weighted by molar-refractivity contribution is 0.0571. The summed E-state index contributed by atoms with van der Waals surface area (Å²) in [4.78, 5) is 5.06. The highest BCUT2D eigenvalue weighted by Gasteiger charge is 2.34. The molecule has 0 bridgehead atoms. The first-order valence-electron chi connectivity index (χ1n) is 13.1. The number of aliphatic hydroxyl groups excluding tert-OH is 1. The Morgan fingerprint density at radius 2 is 1.11 bits per heavy atom. The molecular formula is C32H31N3O.